The number of amides is 1. The highest BCUT2D eigenvalue weighted by Crippen LogP contribution is 2.25. The van der Waals surface area contributed by atoms with Crippen LogP contribution in [0.2, 0.25) is 0 Å². The number of aromatic nitrogens is 2. The van der Waals surface area contributed by atoms with Crippen molar-refractivity contribution < 1.29 is 18.0 Å². The lowest BCUT2D eigenvalue weighted by Crippen LogP contribution is -2.34. The van der Waals surface area contributed by atoms with Crippen molar-refractivity contribution in [3.05, 3.63) is 84.1 Å². The van der Waals surface area contributed by atoms with Gasteiger partial charge in [0, 0.05) is 6.07 Å². The van der Waals surface area contributed by atoms with Gasteiger partial charge in [-0.25, -0.2) is 13.8 Å². The Hall–Kier alpha value is -3.13. The first-order valence-corrected chi connectivity index (χ1v) is 10.7. The number of hydrogen-bond donors (Lipinski definition) is 0. The Morgan fingerprint density at radius 3 is 2.73 bits per heavy atom. The molecular weight excluding hydrogens is 408 g/mol. The maximum absolute atomic E-state index is 14.5. The van der Waals surface area contributed by atoms with E-state index in [0.717, 1.165) is 29.0 Å². The SMILES string of the molecule is CSCc1nc2ccccc2n1CC(=O)N(Cc1ccco1)c1ccc(F)cc1F. The monoisotopic (exact) mass is 427 g/mol. The lowest BCUT2D eigenvalue weighted by Gasteiger charge is -2.23. The van der Waals surface area contributed by atoms with E-state index in [-0.39, 0.29) is 24.7 Å². The van der Waals surface area contributed by atoms with Crippen LogP contribution >= 0.6 is 11.8 Å². The van der Waals surface area contributed by atoms with Crippen molar-refractivity contribution in [3.63, 3.8) is 0 Å². The van der Waals surface area contributed by atoms with E-state index in [0.29, 0.717) is 11.5 Å². The molecule has 8 heteroatoms. The van der Waals surface area contributed by atoms with Gasteiger partial charge in [-0.15, -0.1) is 0 Å². The van der Waals surface area contributed by atoms with Gasteiger partial charge in [0.2, 0.25) is 5.91 Å². The van der Waals surface area contributed by atoms with E-state index in [4.69, 9.17) is 4.42 Å². The smallest absolute Gasteiger partial charge is 0.247 e. The van der Waals surface area contributed by atoms with Gasteiger partial charge < -0.3 is 13.9 Å². The molecule has 0 spiro atoms. The van der Waals surface area contributed by atoms with Gasteiger partial charge >= 0.3 is 0 Å². The van der Waals surface area contributed by atoms with Crippen LogP contribution < -0.4 is 4.90 Å². The first-order chi connectivity index (χ1) is 14.6. The van der Waals surface area contributed by atoms with Crippen LogP contribution in [0.3, 0.4) is 0 Å². The molecule has 4 aromatic rings. The first-order valence-electron chi connectivity index (χ1n) is 9.27. The van der Waals surface area contributed by atoms with E-state index in [1.54, 1.807) is 23.9 Å². The maximum atomic E-state index is 14.5. The van der Waals surface area contributed by atoms with Crippen molar-refractivity contribution in [2.24, 2.45) is 0 Å². The van der Waals surface area contributed by atoms with Crippen LogP contribution in [0.5, 0.6) is 0 Å². The molecule has 154 valence electrons. The molecule has 2 aromatic heterocycles. The number of anilines is 1. The van der Waals surface area contributed by atoms with Crippen LogP contribution in [-0.2, 0) is 23.6 Å². The first kappa shape index (κ1) is 20.2. The fraction of sp³-hybridized carbons (Fsp3) is 0.182. The summed E-state index contributed by atoms with van der Waals surface area (Å²) >= 11 is 1.60. The topological polar surface area (TPSA) is 51.3 Å². The maximum Gasteiger partial charge on any atom is 0.247 e. The zero-order valence-corrected chi connectivity index (χ0v) is 17.0. The number of imidazole rings is 1. The Bertz CT molecular complexity index is 1170. The Balaban J connectivity index is 1.72. The molecule has 4 rings (SSSR count). The molecule has 0 radical (unpaired) electrons. The lowest BCUT2D eigenvalue weighted by atomic mass is 10.2. The number of halogens is 2. The summed E-state index contributed by atoms with van der Waals surface area (Å²) in [6.07, 6.45) is 3.45. The number of hydrogen-bond acceptors (Lipinski definition) is 4. The predicted molar refractivity (Wildman–Crippen MR) is 113 cm³/mol. The van der Waals surface area contributed by atoms with Crippen molar-refractivity contribution in [2.75, 3.05) is 11.2 Å². The summed E-state index contributed by atoms with van der Waals surface area (Å²) in [6.45, 7) is -0.00713. The number of thioether (sulfide) groups is 1. The zero-order chi connectivity index (χ0) is 21.1. The molecule has 0 aliphatic carbocycles. The minimum absolute atomic E-state index is 0.00589. The molecule has 0 saturated heterocycles. The van der Waals surface area contributed by atoms with E-state index in [2.05, 4.69) is 4.98 Å². The molecule has 0 aliphatic rings. The van der Waals surface area contributed by atoms with Crippen LogP contribution in [0, 0.1) is 11.6 Å². The average molecular weight is 427 g/mol. The number of fused-ring (bicyclic) bond motifs is 1. The summed E-state index contributed by atoms with van der Waals surface area (Å²) < 4.78 is 35.2. The Labute approximate surface area is 176 Å². The van der Waals surface area contributed by atoms with Gasteiger partial charge in [0.25, 0.3) is 0 Å². The summed E-state index contributed by atoms with van der Waals surface area (Å²) in [5.74, 6) is 0.00791. The minimum atomic E-state index is -0.810. The van der Waals surface area contributed by atoms with E-state index in [1.165, 1.54) is 17.2 Å². The van der Waals surface area contributed by atoms with Gasteiger partial charge in [-0.2, -0.15) is 11.8 Å². The Kier molecular flexibility index (Phi) is 5.85. The van der Waals surface area contributed by atoms with Gasteiger partial charge in [-0.1, -0.05) is 12.1 Å². The molecule has 0 fully saturated rings. The standard InChI is InChI=1S/C22H19F2N3O2S/c1-30-14-21-25-18-6-2-3-7-20(18)26(21)13-22(28)27(12-16-5-4-10-29-16)19-9-8-15(23)11-17(19)24/h2-11H,12-14H2,1H3. The second-order valence-electron chi connectivity index (χ2n) is 6.69. The van der Waals surface area contributed by atoms with Crippen molar-refractivity contribution in [1.82, 2.24) is 9.55 Å². The fourth-order valence-corrected chi connectivity index (χ4v) is 3.81. The molecule has 2 heterocycles. The van der Waals surface area contributed by atoms with Gasteiger partial charge in [0.1, 0.15) is 29.8 Å². The van der Waals surface area contributed by atoms with Gasteiger partial charge in [-0.05, 0) is 42.7 Å². The molecule has 0 bridgehead atoms. The minimum Gasteiger partial charge on any atom is -0.467 e. The Morgan fingerprint density at radius 1 is 1.17 bits per heavy atom. The van der Waals surface area contributed by atoms with Crippen LogP contribution in [-0.4, -0.2) is 21.7 Å². The molecule has 0 N–H and O–H groups in total. The normalized spacial score (nSPS) is 11.2. The lowest BCUT2D eigenvalue weighted by molar-refractivity contribution is -0.119. The van der Waals surface area contributed by atoms with E-state index >= 15 is 0 Å². The molecule has 0 saturated carbocycles. The van der Waals surface area contributed by atoms with Crippen molar-refractivity contribution in [3.8, 4) is 0 Å². The highest BCUT2D eigenvalue weighted by atomic mass is 32.2. The summed E-state index contributed by atoms with van der Waals surface area (Å²) in [6, 6.07) is 14.1. The number of benzene rings is 2. The molecule has 0 aliphatic heterocycles. The molecule has 0 atom stereocenters. The number of carbonyl (C=O) groups is 1. The third kappa shape index (κ3) is 4.09. The highest BCUT2D eigenvalue weighted by molar-refractivity contribution is 7.97. The van der Waals surface area contributed by atoms with E-state index < -0.39 is 11.6 Å². The summed E-state index contributed by atoms with van der Waals surface area (Å²) in [5, 5.41) is 0. The number of carbonyl (C=O) groups excluding carboxylic acids is 1. The molecule has 1 amide bonds. The fourth-order valence-electron chi connectivity index (χ4n) is 3.33. The Morgan fingerprint density at radius 2 is 2.00 bits per heavy atom. The molecular formula is C22H19F2N3O2S. The summed E-state index contributed by atoms with van der Waals surface area (Å²) in [4.78, 5) is 19.2. The molecule has 2 aromatic carbocycles. The van der Waals surface area contributed by atoms with Gasteiger partial charge in [-0.3, -0.25) is 4.79 Å². The van der Waals surface area contributed by atoms with E-state index in [1.807, 2.05) is 35.1 Å². The van der Waals surface area contributed by atoms with Crippen LogP contribution in [0.1, 0.15) is 11.6 Å². The predicted octanol–water partition coefficient (Wildman–Crippen LogP) is 5.00. The quantitative estimate of drug-likeness (QED) is 0.416. The number of nitrogens with zero attached hydrogens (tertiary/aromatic N) is 3. The van der Waals surface area contributed by atoms with Crippen LogP contribution in [0.15, 0.2) is 65.3 Å². The van der Waals surface area contributed by atoms with Gasteiger partial charge in [0.05, 0.1) is 35.3 Å². The second-order valence-corrected chi connectivity index (χ2v) is 7.56. The second kappa shape index (κ2) is 8.71. The summed E-state index contributed by atoms with van der Waals surface area (Å²) in [5.41, 5.74) is 1.61. The zero-order valence-electron chi connectivity index (χ0n) is 16.2. The third-order valence-corrected chi connectivity index (χ3v) is 5.24. The van der Waals surface area contributed by atoms with Gasteiger partial charge in [0.15, 0.2) is 0 Å². The van der Waals surface area contributed by atoms with Crippen molar-refractivity contribution in [2.45, 2.75) is 18.8 Å². The number of furan rings is 1. The molecule has 30 heavy (non-hydrogen) atoms. The van der Waals surface area contributed by atoms with Crippen molar-refractivity contribution >= 4 is 34.4 Å². The molecule has 0 unspecified atom stereocenters. The largest absolute Gasteiger partial charge is 0.467 e. The third-order valence-electron chi connectivity index (χ3n) is 4.70. The highest BCUT2D eigenvalue weighted by Gasteiger charge is 2.23. The average Bonchev–Trinajstić information content (AvgIpc) is 3.35. The van der Waals surface area contributed by atoms with E-state index in [9.17, 15) is 13.6 Å². The van der Waals surface area contributed by atoms with Crippen LogP contribution in [0.4, 0.5) is 14.5 Å². The molecule has 5 nitrogen and oxygen atoms in total. The van der Waals surface area contributed by atoms with Crippen molar-refractivity contribution in [1.29, 1.82) is 0 Å². The summed E-state index contributed by atoms with van der Waals surface area (Å²) in [7, 11) is 0. The number of rotatable bonds is 7. The number of para-hydroxylation sites is 2. The van der Waals surface area contributed by atoms with Crippen LogP contribution in [0.25, 0.3) is 11.0 Å².